The Kier molecular flexibility index (Phi) is 8.94. The first-order valence-corrected chi connectivity index (χ1v) is 15.2. The molecule has 0 aliphatic heterocycles. The number of ether oxygens (including phenoxy) is 2. The van der Waals surface area contributed by atoms with E-state index in [1.54, 1.807) is 66.9 Å². The number of halogens is 3. The number of para-hydroxylation sites is 1. The fourth-order valence-corrected chi connectivity index (χ4v) is 5.42. The van der Waals surface area contributed by atoms with Gasteiger partial charge in [0.1, 0.15) is 12.2 Å². The highest BCUT2D eigenvalue weighted by molar-refractivity contribution is 6.42. The summed E-state index contributed by atoms with van der Waals surface area (Å²) in [6.07, 6.45) is 3.86. The third-order valence-electron chi connectivity index (χ3n) is 6.96. The van der Waals surface area contributed by atoms with E-state index in [-0.39, 0.29) is 18.0 Å². The molecule has 10 heteroatoms. The van der Waals surface area contributed by atoms with Gasteiger partial charge in [-0.25, -0.2) is 4.98 Å². The van der Waals surface area contributed by atoms with E-state index in [0.29, 0.717) is 67.4 Å². The molecular formula is C35H26Cl3N3O4. The summed E-state index contributed by atoms with van der Waals surface area (Å²) in [5, 5.41) is 7.31. The van der Waals surface area contributed by atoms with E-state index in [1.165, 1.54) is 4.68 Å². The fraction of sp³-hybridized carbons (Fsp3) is 0.114. The summed E-state index contributed by atoms with van der Waals surface area (Å²) >= 11 is 18.5. The molecule has 0 spiro atoms. The zero-order chi connectivity index (χ0) is 31.5. The smallest absolute Gasteiger partial charge is 0.282 e. The number of fused-ring (bicyclic) bond motifs is 2. The molecule has 0 aliphatic rings. The molecule has 0 fully saturated rings. The van der Waals surface area contributed by atoms with Crippen LogP contribution in [0.2, 0.25) is 15.1 Å². The number of hydrogen-bond acceptors (Lipinski definition) is 6. The van der Waals surface area contributed by atoms with Gasteiger partial charge in [0.2, 0.25) is 5.82 Å². The normalized spacial score (nSPS) is 11.5. The second-order valence-electron chi connectivity index (χ2n) is 10.1. The summed E-state index contributed by atoms with van der Waals surface area (Å²) in [4.78, 5) is 18.5. The van der Waals surface area contributed by atoms with Crippen LogP contribution in [0.1, 0.15) is 23.6 Å². The summed E-state index contributed by atoms with van der Waals surface area (Å²) in [6.45, 7) is 6.46. The molecule has 0 radical (unpaired) electrons. The first-order chi connectivity index (χ1) is 21.8. The molecule has 226 valence electrons. The van der Waals surface area contributed by atoms with Crippen molar-refractivity contribution < 1.29 is 13.9 Å². The van der Waals surface area contributed by atoms with Gasteiger partial charge in [0.05, 0.1) is 33.8 Å². The number of aromatic nitrogens is 2. The van der Waals surface area contributed by atoms with Crippen molar-refractivity contribution in [2.24, 2.45) is 5.10 Å². The molecule has 0 aliphatic carbocycles. The molecule has 0 N–H and O–H groups in total. The average molecular weight is 659 g/mol. The highest BCUT2D eigenvalue weighted by atomic mass is 35.5. The molecule has 0 saturated heterocycles. The van der Waals surface area contributed by atoms with Crippen molar-refractivity contribution >= 4 is 62.9 Å². The largest absolute Gasteiger partial charge is 0.490 e. The Morgan fingerprint density at radius 1 is 0.978 bits per heavy atom. The summed E-state index contributed by atoms with van der Waals surface area (Å²) in [7, 11) is 0. The van der Waals surface area contributed by atoms with Gasteiger partial charge < -0.3 is 13.9 Å². The van der Waals surface area contributed by atoms with Crippen LogP contribution in [0.3, 0.4) is 0 Å². The summed E-state index contributed by atoms with van der Waals surface area (Å²) in [6, 6.07) is 23.3. The van der Waals surface area contributed by atoms with Gasteiger partial charge in [-0.15, -0.1) is 6.58 Å². The Bertz CT molecular complexity index is 2150. The lowest BCUT2D eigenvalue weighted by atomic mass is 10.1. The molecule has 7 nitrogen and oxygen atoms in total. The van der Waals surface area contributed by atoms with Gasteiger partial charge in [0, 0.05) is 16.0 Å². The Morgan fingerprint density at radius 3 is 2.62 bits per heavy atom. The van der Waals surface area contributed by atoms with Crippen LogP contribution in [0.5, 0.6) is 11.5 Å². The molecule has 2 heterocycles. The molecule has 0 bridgehead atoms. The zero-order valence-electron chi connectivity index (χ0n) is 24.1. The Balaban J connectivity index is 1.43. The van der Waals surface area contributed by atoms with Crippen molar-refractivity contribution in [3.8, 4) is 23.1 Å². The topological polar surface area (TPSA) is 78.9 Å². The standard InChI is InChI=1S/C35H26Cl3N3O4/c1-3-7-23-14-22(16-31(43-4-2)33(23)44-20-21-10-12-27(37)28(38)15-21)19-39-41-34(40-29-9-6-5-8-26(29)35(41)42)32-18-24-17-25(36)11-13-30(24)45-32/h3,5-6,8-19H,1,4,7,20H2,2H3. The van der Waals surface area contributed by atoms with Gasteiger partial charge in [-0.2, -0.15) is 9.78 Å². The predicted octanol–water partition coefficient (Wildman–Crippen LogP) is 9.36. The molecule has 45 heavy (non-hydrogen) atoms. The van der Waals surface area contributed by atoms with E-state index in [1.807, 2.05) is 31.2 Å². The van der Waals surface area contributed by atoms with Gasteiger partial charge in [-0.05, 0) is 85.1 Å². The second-order valence-corrected chi connectivity index (χ2v) is 11.3. The van der Waals surface area contributed by atoms with Crippen LogP contribution in [0, 0.1) is 0 Å². The van der Waals surface area contributed by atoms with Crippen molar-refractivity contribution in [3.05, 3.63) is 134 Å². The van der Waals surface area contributed by atoms with Gasteiger partial charge in [-0.1, -0.05) is 59.1 Å². The summed E-state index contributed by atoms with van der Waals surface area (Å²) in [5.74, 6) is 1.73. The minimum absolute atomic E-state index is 0.249. The number of hydrogen-bond donors (Lipinski definition) is 0. The Morgan fingerprint density at radius 2 is 1.82 bits per heavy atom. The van der Waals surface area contributed by atoms with E-state index in [4.69, 9.17) is 53.7 Å². The van der Waals surface area contributed by atoms with Crippen LogP contribution < -0.4 is 15.0 Å². The number of benzene rings is 4. The summed E-state index contributed by atoms with van der Waals surface area (Å²) < 4.78 is 19.6. The molecule has 0 atom stereocenters. The lowest BCUT2D eigenvalue weighted by molar-refractivity contribution is 0.267. The molecule has 0 unspecified atom stereocenters. The van der Waals surface area contributed by atoms with Gasteiger partial charge in [0.25, 0.3) is 5.56 Å². The van der Waals surface area contributed by atoms with Crippen molar-refractivity contribution in [2.75, 3.05) is 6.61 Å². The van der Waals surface area contributed by atoms with E-state index in [0.717, 1.165) is 16.5 Å². The van der Waals surface area contributed by atoms with Crippen LogP contribution in [0.25, 0.3) is 33.5 Å². The second kappa shape index (κ2) is 13.2. The zero-order valence-corrected chi connectivity index (χ0v) is 26.4. The monoisotopic (exact) mass is 657 g/mol. The van der Waals surface area contributed by atoms with Gasteiger partial charge >= 0.3 is 0 Å². The third-order valence-corrected chi connectivity index (χ3v) is 7.93. The molecule has 0 saturated carbocycles. The predicted molar refractivity (Wildman–Crippen MR) is 182 cm³/mol. The first-order valence-electron chi connectivity index (χ1n) is 14.1. The molecule has 4 aromatic carbocycles. The van der Waals surface area contributed by atoms with Gasteiger partial charge in [-0.3, -0.25) is 4.79 Å². The Hall–Kier alpha value is -4.56. The number of nitrogens with zero attached hydrogens (tertiary/aromatic N) is 3. The molecule has 6 aromatic rings. The molecule has 2 aromatic heterocycles. The van der Waals surface area contributed by atoms with E-state index >= 15 is 0 Å². The number of allylic oxidation sites excluding steroid dienone is 1. The van der Waals surface area contributed by atoms with Crippen molar-refractivity contribution in [1.82, 2.24) is 9.66 Å². The molecule has 0 amide bonds. The third kappa shape index (κ3) is 6.47. The van der Waals surface area contributed by atoms with Crippen molar-refractivity contribution in [1.29, 1.82) is 0 Å². The number of furan rings is 1. The van der Waals surface area contributed by atoms with Crippen LogP contribution in [0.4, 0.5) is 0 Å². The lowest BCUT2D eigenvalue weighted by Gasteiger charge is -2.17. The number of rotatable bonds is 10. The maximum Gasteiger partial charge on any atom is 0.282 e. The van der Waals surface area contributed by atoms with E-state index in [2.05, 4.69) is 11.7 Å². The highest BCUT2D eigenvalue weighted by Crippen LogP contribution is 2.35. The molecular weight excluding hydrogens is 633 g/mol. The van der Waals surface area contributed by atoms with Crippen LogP contribution in [-0.2, 0) is 13.0 Å². The van der Waals surface area contributed by atoms with Crippen LogP contribution in [0.15, 0.2) is 106 Å². The van der Waals surface area contributed by atoms with E-state index in [9.17, 15) is 4.79 Å². The highest BCUT2D eigenvalue weighted by Gasteiger charge is 2.18. The van der Waals surface area contributed by atoms with Crippen molar-refractivity contribution in [3.63, 3.8) is 0 Å². The van der Waals surface area contributed by atoms with Crippen LogP contribution >= 0.6 is 34.8 Å². The lowest BCUT2D eigenvalue weighted by Crippen LogP contribution is -2.20. The minimum atomic E-state index is -0.344. The average Bonchev–Trinajstić information content (AvgIpc) is 3.45. The fourth-order valence-electron chi connectivity index (χ4n) is 4.92. The van der Waals surface area contributed by atoms with Crippen molar-refractivity contribution in [2.45, 2.75) is 20.0 Å². The first kappa shape index (κ1) is 30.5. The summed E-state index contributed by atoms with van der Waals surface area (Å²) in [5.41, 5.74) is 3.15. The SMILES string of the molecule is C=CCc1cc(C=Nn2c(-c3cc4cc(Cl)ccc4o3)nc3ccccc3c2=O)cc(OCC)c1OCc1ccc(Cl)c(Cl)c1. The quantitative estimate of drug-likeness (QED) is 0.108. The van der Waals surface area contributed by atoms with E-state index < -0.39 is 0 Å². The van der Waals surface area contributed by atoms with Crippen LogP contribution in [-0.4, -0.2) is 22.5 Å². The maximum atomic E-state index is 13.7. The minimum Gasteiger partial charge on any atom is -0.490 e. The Labute approximate surface area is 273 Å². The molecule has 6 rings (SSSR count). The van der Waals surface area contributed by atoms with Gasteiger partial charge in [0.15, 0.2) is 17.3 Å². The maximum absolute atomic E-state index is 13.7.